The summed E-state index contributed by atoms with van der Waals surface area (Å²) < 4.78 is 0. The van der Waals surface area contributed by atoms with E-state index in [1.807, 2.05) is 12.3 Å². The molecule has 1 aliphatic rings. The van der Waals surface area contributed by atoms with E-state index in [4.69, 9.17) is 11.0 Å². The maximum Gasteiger partial charge on any atom is 0.117 e. The molecule has 0 radical (unpaired) electrons. The van der Waals surface area contributed by atoms with Gasteiger partial charge in [-0.3, -0.25) is 0 Å². The Hall–Kier alpha value is -1.27. The molecule has 0 amide bonds. The monoisotopic (exact) mass is 161 g/mol. The van der Waals surface area contributed by atoms with Crippen LogP contribution >= 0.6 is 0 Å². The lowest BCUT2D eigenvalue weighted by atomic mass is 10.1. The van der Waals surface area contributed by atoms with Gasteiger partial charge < -0.3 is 10.7 Å². The summed E-state index contributed by atoms with van der Waals surface area (Å²) in [4.78, 5) is 2.88. The van der Waals surface area contributed by atoms with Gasteiger partial charge in [-0.05, 0) is 30.4 Å². The summed E-state index contributed by atoms with van der Waals surface area (Å²) in [6.07, 6.45) is 4.30. The summed E-state index contributed by atoms with van der Waals surface area (Å²) in [6, 6.07) is 4.01. The van der Waals surface area contributed by atoms with E-state index >= 15 is 0 Å². The second-order valence-electron chi connectivity index (χ2n) is 3.32. The van der Waals surface area contributed by atoms with Gasteiger partial charge in [-0.25, -0.2) is 0 Å². The summed E-state index contributed by atoms with van der Waals surface area (Å²) in [5.74, 6) is 0.646. The Balaban J connectivity index is 2.17. The van der Waals surface area contributed by atoms with Crippen molar-refractivity contribution in [3.63, 3.8) is 0 Å². The van der Waals surface area contributed by atoms with Crippen molar-refractivity contribution in [2.45, 2.75) is 18.9 Å². The molecule has 12 heavy (non-hydrogen) atoms. The topological polar surface area (TPSA) is 65.6 Å². The largest absolute Gasteiger partial charge is 0.353 e. The first-order valence-electron chi connectivity index (χ1n) is 4.15. The number of nitrogens with two attached hydrogens (primary N) is 1. The molecule has 0 saturated heterocycles. The fourth-order valence-corrected chi connectivity index (χ4v) is 1.40. The van der Waals surface area contributed by atoms with E-state index in [0.717, 1.165) is 5.56 Å². The zero-order valence-corrected chi connectivity index (χ0v) is 6.75. The molecule has 0 unspecified atom stereocenters. The zero-order chi connectivity index (χ0) is 8.55. The van der Waals surface area contributed by atoms with Gasteiger partial charge in [0.1, 0.15) is 11.8 Å². The summed E-state index contributed by atoms with van der Waals surface area (Å²) in [5.41, 5.74) is 7.60. The third-order valence-electron chi connectivity index (χ3n) is 2.34. The summed E-state index contributed by atoms with van der Waals surface area (Å²) in [6.45, 7) is 0. The molecule has 1 saturated carbocycles. The molecule has 2 rings (SSSR count). The molecule has 1 heterocycles. The molecule has 1 aromatic rings. The van der Waals surface area contributed by atoms with E-state index in [0.29, 0.717) is 11.6 Å². The number of nitrogens with zero attached hydrogens (tertiary/aromatic N) is 1. The van der Waals surface area contributed by atoms with Crippen LogP contribution in [0, 0.1) is 17.2 Å². The van der Waals surface area contributed by atoms with Crippen LogP contribution in [-0.4, -0.2) is 4.98 Å². The van der Waals surface area contributed by atoms with Crippen LogP contribution in [0.25, 0.3) is 0 Å². The van der Waals surface area contributed by atoms with E-state index in [9.17, 15) is 0 Å². The van der Waals surface area contributed by atoms with Gasteiger partial charge in [0.2, 0.25) is 0 Å². The smallest absolute Gasteiger partial charge is 0.117 e. The summed E-state index contributed by atoms with van der Waals surface area (Å²) in [7, 11) is 0. The highest BCUT2D eigenvalue weighted by Crippen LogP contribution is 2.39. The van der Waals surface area contributed by atoms with Gasteiger partial charge in [0, 0.05) is 12.2 Å². The van der Waals surface area contributed by atoms with Crippen molar-refractivity contribution < 1.29 is 0 Å². The van der Waals surface area contributed by atoms with Crippen molar-refractivity contribution in [2.75, 3.05) is 0 Å². The van der Waals surface area contributed by atoms with Crippen LogP contribution in [0.5, 0.6) is 0 Å². The average Bonchev–Trinajstić information content (AvgIpc) is 2.82. The molecule has 1 fully saturated rings. The van der Waals surface area contributed by atoms with Crippen LogP contribution in [0.4, 0.5) is 0 Å². The Morgan fingerprint density at radius 3 is 2.92 bits per heavy atom. The molecule has 1 atom stereocenters. The minimum atomic E-state index is 0.128. The number of nitrogens with one attached hydrogen (secondary N) is 1. The third-order valence-corrected chi connectivity index (χ3v) is 2.34. The Morgan fingerprint density at radius 2 is 2.42 bits per heavy atom. The third kappa shape index (κ3) is 1.21. The molecular weight excluding hydrogens is 150 g/mol. The number of aromatic nitrogens is 1. The number of H-pyrrole nitrogens is 1. The summed E-state index contributed by atoms with van der Waals surface area (Å²) >= 11 is 0. The molecule has 62 valence electrons. The molecule has 3 N–H and O–H groups in total. The van der Waals surface area contributed by atoms with Gasteiger partial charge in [-0.2, -0.15) is 5.26 Å². The van der Waals surface area contributed by atoms with E-state index in [1.165, 1.54) is 12.8 Å². The lowest BCUT2D eigenvalue weighted by molar-refractivity contribution is 0.634. The lowest BCUT2D eigenvalue weighted by Crippen LogP contribution is -2.10. The number of rotatable bonds is 2. The number of hydrogen-bond donors (Lipinski definition) is 2. The van der Waals surface area contributed by atoms with Crippen LogP contribution in [0.1, 0.15) is 30.1 Å². The molecule has 0 aliphatic heterocycles. The molecule has 3 nitrogen and oxygen atoms in total. The second kappa shape index (κ2) is 2.65. The van der Waals surface area contributed by atoms with Crippen LogP contribution < -0.4 is 5.73 Å². The van der Waals surface area contributed by atoms with Crippen molar-refractivity contribution in [3.8, 4) is 6.07 Å². The molecule has 3 heteroatoms. The van der Waals surface area contributed by atoms with Crippen molar-refractivity contribution in [1.29, 1.82) is 5.26 Å². The molecule has 0 spiro atoms. The van der Waals surface area contributed by atoms with E-state index in [-0.39, 0.29) is 6.04 Å². The van der Waals surface area contributed by atoms with Gasteiger partial charge in [-0.15, -0.1) is 0 Å². The van der Waals surface area contributed by atoms with Gasteiger partial charge in [0.15, 0.2) is 0 Å². The molecule has 1 aromatic heterocycles. The molecular formula is C9H11N3. The minimum absolute atomic E-state index is 0.128. The first-order chi connectivity index (χ1) is 5.81. The highest BCUT2D eigenvalue weighted by Gasteiger charge is 2.29. The fraction of sp³-hybridized carbons (Fsp3) is 0.444. The average molecular weight is 161 g/mol. The Labute approximate surface area is 71.2 Å². The molecule has 0 bridgehead atoms. The highest BCUT2D eigenvalue weighted by atomic mass is 14.7. The Kier molecular flexibility index (Phi) is 1.63. The van der Waals surface area contributed by atoms with Crippen LogP contribution in [0.15, 0.2) is 12.3 Å². The van der Waals surface area contributed by atoms with Gasteiger partial charge in [0.05, 0.1) is 0 Å². The van der Waals surface area contributed by atoms with Crippen molar-refractivity contribution in [3.05, 3.63) is 23.5 Å². The van der Waals surface area contributed by atoms with Crippen molar-refractivity contribution >= 4 is 0 Å². The molecule has 0 aromatic carbocycles. The normalized spacial score (nSPS) is 18.7. The Bertz CT molecular complexity index is 317. The second-order valence-corrected chi connectivity index (χ2v) is 3.32. The standard InChI is InChI=1S/C9H11N3/c10-4-8-3-7(5-12-8)9(11)6-1-2-6/h3,5-6,9,12H,1-2,11H2/t9-/m0/s1. The fourth-order valence-electron chi connectivity index (χ4n) is 1.40. The van der Waals surface area contributed by atoms with Crippen molar-refractivity contribution in [2.24, 2.45) is 11.7 Å². The predicted molar refractivity (Wildman–Crippen MR) is 45.2 cm³/mol. The van der Waals surface area contributed by atoms with Gasteiger partial charge in [-0.1, -0.05) is 0 Å². The van der Waals surface area contributed by atoms with Crippen LogP contribution in [0.2, 0.25) is 0 Å². The number of hydrogen-bond acceptors (Lipinski definition) is 2. The molecule has 1 aliphatic carbocycles. The maximum atomic E-state index is 8.56. The quantitative estimate of drug-likeness (QED) is 0.686. The van der Waals surface area contributed by atoms with E-state index < -0.39 is 0 Å². The van der Waals surface area contributed by atoms with E-state index in [2.05, 4.69) is 11.1 Å². The first kappa shape index (κ1) is 7.38. The maximum absolute atomic E-state index is 8.56. The SMILES string of the molecule is N#Cc1cc([C@@H](N)C2CC2)c[nH]1. The minimum Gasteiger partial charge on any atom is -0.353 e. The van der Waals surface area contributed by atoms with Gasteiger partial charge >= 0.3 is 0 Å². The number of nitriles is 1. The predicted octanol–water partition coefficient (Wildman–Crippen LogP) is 1.30. The first-order valence-corrected chi connectivity index (χ1v) is 4.15. The van der Waals surface area contributed by atoms with Gasteiger partial charge in [0.25, 0.3) is 0 Å². The van der Waals surface area contributed by atoms with E-state index in [1.54, 1.807) is 0 Å². The number of aromatic amines is 1. The highest BCUT2D eigenvalue weighted by molar-refractivity contribution is 5.29. The van der Waals surface area contributed by atoms with Crippen molar-refractivity contribution in [1.82, 2.24) is 4.98 Å². The lowest BCUT2D eigenvalue weighted by Gasteiger charge is -2.05. The summed E-state index contributed by atoms with van der Waals surface area (Å²) in [5, 5.41) is 8.56. The zero-order valence-electron chi connectivity index (χ0n) is 6.75. The Morgan fingerprint density at radius 1 is 1.67 bits per heavy atom. The van der Waals surface area contributed by atoms with Crippen LogP contribution in [0.3, 0.4) is 0 Å². The van der Waals surface area contributed by atoms with Crippen LogP contribution in [-0.2, 0) is 0 Å².